The van der Waals surface area contributed by atoms with Crippen molar-refractivity contribution in [3.05, 3.63) is 42.0 Å². The van der Waals surface area contributed by atoms with Crippen LogP contribution in [-0.2, 0) is 20.9 Å². The van der Waals surface area contributed by atoms with Gasteiger partial charge in [-0.2, -0.15) is 0 Å². The molecule has 0 saturated carbocycles. The van der Waals surface area contributed by atoms with E-state index in [-0.39, 0.29) is 23.9 Å². The minimum absolute atomic E-state index is 0.0684. The molecule has 3 atom stereocenters. The lowest BCUT2D eigenvalue weighted by molar-refractivity contribution is -0.132. The van der Waals surface area contributed by atoms with Gasteiger partial charge in [-0.25, -0.2) is 0 Å². The molecule has 1 heterocycles. The molecule has 6 nitrogen and oxygen atoms in total. The molecule has 0 aromatic heterocycles. The van der Waals surface area contributed by atoms with Gasteiger partial charge in [0.15, 0.2) is 0 Å². The van der Waals surface area contributed by atoms with Crippen LogP contribution in [0.3, 0.4) is 0 Å². The number of hydrogen-bond donors (Lipinski definition) is 1. The third-order valence-corrected chi connectivity index (χ3v) is 5.16. The standard InChI is InChI=1S/C21H30N2O4/c1-6-13-21(3,27-5)20(22-15(2)24)18-11-12-19(25)23(18)14-16-7-9-17(26-4)10-8-16/h7-12,18,20H,6,13-14H2,1-5H3,(H,22,24)/t18-,20-,21+/m1/s1. The van der Waals surface area contributed by atoms with Crippen molar-refractivity contribution in [3.8, 4) is 5.75 Å². The molecule has 148 valence electrons. The lowest BCUT2D eigenvalue weighted by atomic mass is 9.85. The Hall–Kier alpha value is -2.34. The molecule has 0 aliphatic carbocycles. The van der Waals surface area contributed by atoms with Gasteiger partial charge in [0, 0.05) is 26.7 Å². The molecule has 0 bridgehead atoms. The van der Waals surface area contributed by atoms with E-state index >= 15 is 0 Å². The van der Waals surface area contributed by atoms with Crippen LogP contribution in [0.15, 0.2) is 36.4 Å². The summed E-state index contributed by atoms with van der Waals surface area (Å²) in [5.74, 6) is 0.560. The van der Waals surface area contributed by atoms with Gasteiger partial charge < -0.3 is 19.7 Å². The van der Waals surface area contributed by atoms with Gasteiger partial charge in [0.2, 0.25) is 11.8 Å². The second-order valence-electron chi connectivity index (χ2n) is 7.11. The number of methoxy groups -OCH3 is 2. The molecular formula is C21H30N2O4. The monoisotopic (exact) mass is 374 g/mol. The van der Waals surface area contributed by atoms with E-state index < -0.39 is 5.60 Å². The van der Waals surface area contributed by atoms with Gasteiger partial charge in [0.1, 0.15) is 5.75 Å². The smallest absolute Gasteiger partial charge is 0.247 e. The van der Waals surface area contributed by atoms with Crippen molar-refractivity contribution in [2.45, 2.75) is 57.8 Å². The fourth-order valence-corrected chi connectivity index (χ4v) is 3.63. The van der Waals surface area contributed by atoms with Crippen molar-refractivity contribution in [2.24, 2.45) is 0 Å². The summed E-state index contributed by atoms with van der Waals surface area (Å²) < 4.78 is 11.0. The second kappa shape index (κ2) is 9.04. The Morgan fingerprint density at radius 2 is 1.96 bits per heavy atom. The summed E-state index contributed by atoms with van der Waals surface area (Å²) in [6.45, 7) is 6.00. The van der Waals surface area contributed by atoms with Gasteiger partial charge in [-0.05, 0) is 31.0 Å². The molecular weight excluding hydrogens is 344 g/mol. The minimum atomic E-state index is -0.585. The maximum atomic E-state index is 12.5. The van der Waals surface area contributed by atoms with Crippen LogP contribution in [0.25, 0.3) is 0 Å². The highest BCUT2D eigenvalue weighted by molar-refractivity contribution is 5.91. The molecule has 1 aliphatic rings. The third-order valence-electron chi connectivity index (χ3n) is 5.16. The lowest BCUT2D eigenvalue weighted by Gasteiger charge is -2.42. The molecule has 0 spiro atoms. The van der Waals surface area contributed by atoms with E-state index in [1.807, 2.05) is 37.3 Å². The predicted molar refractivity (Wildman–Crippen MR) is 104 cm³/mol. The number of benzene rings is 1. The highest BCUT2D eigenvalue weighted by Gasteiger charge is 2.43. The molecule has 0 saturated heterocycles. The van der Waals surface area contributed by atoms with Crippen LogP contribution in [-0.4, -0.2) is 48.6 Å². The summed E-state index contributed by atoms with van der Waals surface area (Å²) in [6, 6.07) is 7.01. The molecule has 1 aromatic rings. The lowest BCUT2D eigenvalue weighted by Crippen LogP contribution is -2.61. The van der Waals surface area contributed by atoms with E-state index in [2.05, 4.69) is 12.2 Å². The molecule has 27 heavy (non-hydrogen) atoms. The first-order chi connectivity index (χ1) is 12.8. The van der Waals surface area contributed by atoms with Crippen molar-refractivity contribution in [2.75, 3.05) is 14.2 Å². The number of rotatable bonds is 9. The summed E-state index contributed by atoms with van der Waals surface area (Å²) in [7, 11) is 3.27. The first-order valence-corrected chi connectivity index (χ1v) is 9.28. The molecule has 0 fully saturated rings. The Bertz CT molecular complexity index is 686. The number of carbonyl (C=O) groups is 2. The molecule has 1 N–H and O–H groups in total. The molecule has 1 aliphatic heterocycles. The third kappa shape index (κ3) is 4.89. The van der Waals surface area contributed by atoms with Gasteiger partial charge in [0.25, 0.3) is 0 Å². The molecule has 0 radical (unpaired) electrons. The Labute approximate surface area is 161 Å². The van der Waals surface area contributed by atoms with Gasteiger partial charge in [-0.3, -0.25) is 9.59 Å². The average Bonchev–Trinajstić information content (AvgIpc) is 3.00. The minimum Gasteiger partial charge on any atom is -0.497 e. The first-order valence-electron chi connectivity index (χ1n) is 9.28. The van der Waals surface area contributed by atoms with Crippen LogP contribution in [0, 0.1) is 0 Å². The fraction of sp³-hybridized carbons (Fsp3) is 0.524. The van der Waals surface area contributed by atoms with E-state index in [0.29, 0.717) is 6.54 Å². The van der Waals surface area contributed by atoms with Gasteiger partial charge in [0.05, 0.1) is 24.8 Å². The van der Waals surface area contributed by atoms with Crippen LogP contribution < -0.4 is 10.1 Å². The Kier molecular flexibility index (Phi) is 7.02. The quantitative estimate of drug-likeness (QED) is 0.722. The van der Waals surface area contributed by atoms with E-state index in [9.17, 15) is 9.59 Å². The van der Waals surface area contributed by atoms with Gasteiger partial charge in [-0.15, -0.1) is 0 Å². The summed E-state index contributed by atoms with van der Waals surface area (Å²) in [6.07, 6.45) is 5.11. The zero-order chi connectivity index (χ0) is 20.0. The Morgan fingerprint density at radius 3 is 2.48 bits per heavy atom. The SMILES string of the molecule is CCC[C@](C)(OC)[C@H](NC(C)=O)[C@H]1C=CC(=O)N1Cc1ccc(OC)cc1. The summed E-state index contributed by atoms with van der Waals surface area (Å²) in [5, 5.41) is 3.02. The van der Waals surface area contributed by atoms with Gasteiger partial charge >= 0.3 is 0 Å². The van der Waals surface area contributed by atoms with Crippen molar-refractivity contribution in [1.29, 1.82) is 0 Å². The number of nitrogens with zero attached hydrogens (tertiary/aromatic N) is 1. The number of nitrogens with one attached hydrogen (secondary N) is 1. The van der Waals surface area contributed by atoms with Crippen LogP contribution >= 0.6 is 0 Å². The molecule has 1 aromatic carbocycles. The Morgan fingerprint density at radius 1 is 1.30 bits per heavy atom. The normalized spacial score (nSPS) is 19.7. The number of amides is 2. The first kappa shape index (κ1) is 21.0. The highest BCUT2D eigenvalue weighted by Crippen LogP contribution is 2.30. The summed E-state index contributed by atoms with van der Waals surface area (Å²) in [5.41, 5.74) is 0.409. The van der Waals surface area contributed by atoms with Gasteiger partial charge in [-0.1, -0.05) is 31.6 Å². The van der Waals surface area contributed by atoms with E-state index in [4.69, 9.17) is 9.47 Å². The second-order valence-corrected chi connectivity index (χ2v) is 7.11. The van der Waals surface area contributed by atoms with Crippen LogP contribution in [0.1, 0.15) is 39.2 Å². The van der Waals surface area contributed by atoms with E-state index in [1.165, 1.54) is 6.92 Å². The van der Waals surface area contributed by atoms with Crippen LogP contribution in [0.4, 0.5) is 0 Å². The fourth-order valence-electron chi connectivity index (χ4n) is 3.63. The number of carbonyl (C=O) groups excluding carboxylic acids is 2. The van der Waals surface area contributed by atoms with Crippen molar-refractivity contribution in [1.82, 2.24) is 10.2 Å². The Balaban J connectivity index is 2.30. The number of ether oxygens (including phenoxy) is 2. The van der Waals surface area contributed by atoms with E-state index in [0.717, 1.165) is 24.2 Å². The van der Waals surface area contributed by atoms with Crippen LogP contribution in [0.2, 0.25) is 0 Å². The summed E-state index contributed by atoms with van der Waals surface area (Å²) >= 11 is 0. The van der Waals surface area contributed by atoms with E-state index in [1.54, 1.807) is 25.2 Å². The highest BCUT2D eigenvalue weighted by atomic mass is 16.5. The zero-order valence-corrected chi connectivity index (χ0v) is 16.8. The maximum Gasteiger partial charge on any atom is 0.247 e. The summed E-state index contributed by atoms with van der Waals surface area (Å²) in [4.78, 5) is 26.2. The largest absolute Gasteiger partial charge is 0.497 e. The van der Waals surface area contributed by atoms with Crippen LogP contribution in [0.5, 0.6) is 5.75 Å². The zero-order valence-electron chi connectivity index (χ0n) is 16.8. The molecule has 6 heteroatoms. The molecule has 0 unspecified atom stereocenters. The molecule has 2 amide bonds. The van der Waals surface area contributed by atoms with Crippen molar-refractivity contribution < 1.29 is 19.1 Å². The van der Waals surface area contributed by atoms with Crippen molar-refractivity contribution in [3.63, 3.8) is 0 Å². The topological polar surface area (TPSA) is 67.9 Å². The molecule has 2 rings (SSSR count). The van der Waals surface area contributed by atoms with Crippen molar-refractivity contribution >= 4 is 11.8 Å². The number of hydrogen-bond acceptors (Lipinski definition) is 4. The predicted octanol–water partition coefficient (Wildman–Crippen LogP) is 2.67. The maximum absolute atomic E-state index is 12.5. The average molecular weight is 374 g/mol.